The Labute approximate surface area is 152 Å². The van der Waals surface area contributed by atoms with Crippen molar-refractivity contribution < 1.29 is 14.7 Å². The first-order valence-electron chi connectivity index (χ1n) is 9.07. The number of hydrogen-bond donors (Lipinski definition) is 1. The Hall–Kier alpha value is -2.82. The standard InChI is InChI=1S/C21H22N2O3/c24-21(23-12-5-6-15(22-25)11-13-23)26-14-20-18-9-3-1-7-16(18)17-8-2-4-10-19(17)20/h1-4,7-10,20,25H,5-6,11-14H2/b22-15-. The van der Waals surface area contributed by atoms with E-state index in [1.54, 1.807) is 4.90 Å². The maximum Gasteiger partial charge on any atom is 0.409 e. The normalized spacial score (nSPS) is 18.3. The van der Waals surface area contributed by atoms with Crippen LogP contribution in [0.4, 0.5) is 4.79 Å². The summed E-state index contributed by atoms with van der Waals surface area (Å²) in [7, 11) is 0. The molecule has 0 unspecified atom stereocenters. The summed E-state index contributed by atoms with van der Waals surface area (Å²) in [6.45, 7) is 1.51. The van der Waals surface area contributed by atoms with E-state index in [4.69, 9.17) is 9.94 Å². The van der Waals surface area contributed by atoms with Gasteiger partial charge in [-0.1, -0.05) is 53.7 Å². The number of rotatable bonds is 2. The minimum Gasteiger partial charge on any atom is -0.448 e. The molecule has 1 fully saturated rings. The lowest BCUT2D eigenvalue weighted by molar-refractivity contribution is 0.101. The summed E-state index contributed by atoms with van der Waals surface area (Å²) in [4.78, 5) is 14.2. The van der Waals surface area contributed by atoms with Crippen molar-refractivity contribution in [1.82, 2.24) is 4.90 Å². The number of nitrogens with zero attached hydrogens (tertiary/aromatic N) is 2. The van der Waals surface area contributed by atoms with Gasteiger partial charge in [-0.3, -0.25) is 0 Å². The molecule has 0 bridgehead atoms. The molecule has 5 heteroatoms. The van der Waals surface area contributed by atoms with Crippen molar-refractivity contribution in [2.75, 3.05) is 19.7 Å². The third-order valence-corrected chi connectivity index (χ3v) is 5.30. The molecule has 5 nitrogen and oxygen atoms in total. The number of oxime groups is 1. The smallest absolute Gasteiger partial charge is 0.409 e. The molecule has 1 N–H and O–H groups in total. The molecule has 0 radical (unpaired) electrons. The highest BCUT2D eigenvalue weighted by Gasteiger charge is 2.29. The average Bonchev–Trinajstić information content (AvgIpc) is 2.83. The number of carbonyl (C=O) groups is 1. The van der Waals surface area contributed by atoms with Gasteiger partial charge in [0.25, 0.3) is 0 Å². The van der Waals surface area contributed by atoms with Gasteiger partial charge in [-0.05, 0) is 35.1 Å². The first-order chi connectivity index (χ1) is 12.8. The van der Waals surface area contributed by atoms with E-state index in [9.17, 15) is 4.79 Å². The van der Waals surface area contributed by atoms with Crippen molar-refractivity contribution in [3.05, 3.63) is 59.7 Å². The van der Waals surface area contributed by atoms with Crippen LogP contribution in [0, 0.1) is 0 Å². The zero-order valence-corrected chi connectivity index (χ0v) is 14.6. The molecule has 1 aliphatic carbocycles. The number of fused-ring (bicyclic) bond motifs is 3. The molecule has 0 saturated carbocycles. The summed E-state index contributed by atoms with van der Waals surface area (Å²) < 4.78 is 5.69. The fourth-order valence-corrected chi connectivity index (χ4v) is 3.94. The molecule has 4 rings (SSSR count). The first-order valence-corrected chi connectivity index (χ1v) is 9.07. The van der Waals surface area contributed by atoms with Gasteiger partial charge in [0.05, 0.1) is 5.71 Å². The van der Waals surface area contributed by atoms with Crippen LogP contribution in [0.2, 0.25) is 0 Å². The van der Waals surface area contributed by atoms with Gasteiger partial charge in [0.1, 0.15) is 6.61 Å². The Bertz CT molecular complexity index is 801. The van der Waals surface area contributed by atoms with Gasteiger partial charge in [-0.15, -0.1) is 0 Å². The van der Waals surface area contributed by atoms with Crippen LogP contribution >= 0.6 is 0 Å². The number of ether oxygens (including phenoxy) is 1. The molecular formula is C21H22N2O3. The van der Waals surface area contributed by atoms with Crippen LogP contribution in [0.3, 0.4) is 0 Å². The maximum absolute atomic E-state index is 12.5. The monoisotopic (exact) mass is 350 g/mol. The predicted molar refractivity (Wildman–Crippen MR) is 99.7 cm³/mol. The van der Waals surface area contributed by atoms with Crippen molar-refractivity contribution in [2.24, 2.45) is 5.16 Å². The molecule has 1 amide bonds. The van der Waals surface area contributed by atoms with Crippen molar-refractivity contribution in [2.45, 2.75) is 25.2 Å². The zero-order valence-electron chi connectivity index (χ0n) is 14.6. The minimum absolute atomic E-state index is 0.0768. The van der Waals surface area contributed by atoms with Gasteiger partial charge in [-0.2, -0.15) is 0 Å². The quantitative estimate of drug-likeness (QED) is 0.650. The molecular weight excluding hydrogens is 328 g/mol. The molecule has 1 saturated heterocycles. The molecule has 1 heterocycles. The fraction of sp³-hybridized carbons (Fsp3) is 0.333. The van der Waals surface area contributed by atoms with Crippen LogP contribution in [0.5, 0.6) is 0 Å². The number of carbonyl (C=O) groups excluding carboxylic acids is 1. The van der Waals surface area contributed by atoms with Crippen LogP contribution in [0.25, 0.3) is 11.1 Å². The van der Waals surface area contributed by atoms with Crippen molar-refractivity contribution >= 4 is 11.8 Å². The second-order valence-corrected chi connectivity index (χ2v) is 6.81. The predicted octanol–water partition coefficient (Wildman–Crippen LogP) is 4.25. The second kappa shape index (κ2) is 7.20. The Morgan fingerprint density at radius 3 is 2.35 bits per heavy atom. The summed E-state index contributed by atoms with van der Waals surface area (Å²) in [6, 6.07) is 16.6. The Morgan fingerprint density at radius 2 is 1.69 bits per heavy atom. The third-order valence-electron chi connectivity index (χ3n) is 5.30. The Morgan fingerprint density at radius 1 is 1.04 bits per heavy atom. The molecule has 1 aliphatic heterocycles. The number of amides is 1. The van der Waals surface area contributed by atoms with E-state index in [1.165, 1.54) is 22.3 Å². The average molecular weight is 350 g/mol. The van der Waals surface area contributed by atoms with Crippen molar-refractivity contribution in [3.63, 3.8) is 0 Å². The van der Waals surface area contributed by atoms with E-state index in [2.05, 4.69) is 29.4 Å². The van der Waals surface area contributed by atoms with E-state index >= 15 is 0 Å². The zero-order chi connectivity index (χ0) is 17.9. The SMILES string of the molecule is O=C(OCC1c2ccccc2-c2ccccc21)N1CCC/C(=N/O)CC1. The summed E-state index contributed by atoms with van der Waals surface area (Å²) in [5.74, 6) is 0.0768. The molecule has 2 aromatic carbocycles. The van der Waals surface area contributed by atoms with E-state index in [1.807, 2.05) is 24.3 Å². The molecule has 26 heavy (non-hydrogen) atoms. The van der Waals surface area contributed by atoms with Gasteiger partial charge in [0, 0.05) is 25.4 Å². The van der Waals surface area contributed by atoms with E-state index in [0.29, 0.717) is 26.1 Å². The summed E-state index contributed by atoms with van der Waals surface area (Å²) in [5.41, 5.74) is 5.63. The number of benzene rings is 2. The van der Waals surface area contributed by atoms with E-state index in [0.717, 1.165) is 18.6 Å². The third kappa shape index (κ3) is 3.05. The minimum atomic E-state index is -0.286. The van der Waals surface area contributed by atoms with Crippen LogP contribution in [0.1, 0.15) is 36.3 Å². The van der Waals surface area contributed by atoms with Gasteiger partial charge < -0.3 is 14.8 Å². The second-order valence-electron chi connectivity index (χ2n) is 6.81. The Balaban J connectivity index is 1.47. The lowest BCUT2D eigenvalue weighted by atomic mass is 9.98. The Kier molecular flexibility index (Phi) is 4.61. The highest BCUT2D eigenvalue weighted by atomic mass is 16.6. The number of hydrogen-bond acceptors (Lipinski definition) is 4. The van der Waals surface area contributed by atoms with Crippen LogP contribution in [-0.4, -0.2) is 41.6 Å². The molecule has 2 aromatic rings. The molecule has 0 spiro atoms. The lowest BCUT2D eigenvalue weighted by Gasteiger charge is -2.21. The number of likely N-dealkylation sites (tertiary alicyclic amines) is 1. The molecule has 134 valence electrons. The van der Waals surface area contributed by atoms with E-state index < -0.39 is 0 Å². The fourth-order valence-electron chi connectivity index (χ4n) is 3.94. The highest BCUT2D eigenvalue weighted by Crippen LogP contribution is 2.44. The van der Waals surface area contributed by atoms with Crippen LogP contribution in [0.15, 0.2) is 53.7 Å². The summed E-state index contributed by atoms with van der Waals surface area (Å²) in [6.07, 6.45) is 1.83. The molecule has 2 aliphatic rings. The molecule has 0 atom stereocenters. The van der Waals surface area contributed by atoms with Crippen LogP contribution in [-0.2, 0) is 4.74 Å². The van der Waals surface area contributed by atoms with Gasteiger partial charge in [0.15, 0.2) is 0 Å². The molecule has 0 aromatic heterocycles. The summed E-state index contributed by atoms with van der Waals surface area (Å²) >= 11 is 0. The van der Waals surface area contributed by atoms with Crippen molar-refractivity contribution in [1.29, 1.82) is 0 Å². The first kappa shape index (κ1) is 16.6. The van der Waals surface area contributed by atoms with Crippen molar-refractivity contribution in [3.8, 4) is 11.1 Å². The van der Waals surface area contributed by atoms with Gasteiger partial charge >= 0.3 is 6.09 Å². The highest BCUT2D eigenvalue weighted by molar-refractivity contribution is 5.85. The van der Waals surface area contributed by atoms with E-state index in [-0.39, 0.29) is 12.0 Å². The largest absolute Gasteiger partial charge is 0.448 e. The van der Waals surface area contributed by atoms with Gasteiger partial charge in [0.2, 0.25) is 0 Å². The lowest BCUT2D eigenvalue weighted by Crippen LogP contribution is -2.33. The van der Waals surface area contributed by atoms with Gasteiger partial charge in [-0.25, -0.2) is 4.79 Å². The summed E-state index contributed by atoms with van der Waals surface area (Å²) in [5, 5.41) is 12.2. The topological polar surface area (TPSA) is 62.1 Å². The van der Waals surface area contributed by atoms with Crippen LogP contribution < -0.4 is 0 Å². The maximum atomic E-state index is 12.5.